The number of aromatic nitrogens is 2. The van der Waals surface area contributed by atoms with E-state index in [-0.39, 0.29) is 6.10 Å². The van der Waals surface area contributed by atoms with Crippen LogP contribution in [0, 0.1) is 6.92 Å². The van der Waals surface area contributed by atoms with Crippen LogP contribution < -0.4 is 4.90 Å². The third kappa shape index (κ3) is 3.12. The Morgan fingerprint density at radius 1 is 1.50 bits per heavy atom. The van der Waals surface area contributed by atoms with Crippen LogP contribution in [-0.2, 0) is 4.74 Å². The van der Waals surface area contributed by atoms with Gasteiger partial charge in [0, 0.05) is 24.5 Å². The van der Waals surface area contributed by atoms with Crippen molar-refractivity contribution in [2.24, 2.45) is 0 Å². The van der Waals surface area contributed by atoms with Crippen LogP contribution in [0.3, 0.4) is 0 Å². The van der Waals surface area contributed by atoms with Crippen molar-refractivity contribution in [3.63, 3.8) is 0 Å². The average molecular weight is 270 g/mol. The first kappa shape index (κ1) is 13.6. The highest BCUT2D eigenvalue weighted by atomic mass is 35.5. The minimum Gasteiger partial charge on any atom is -0.373 e. The van der Waals surface area contributed by atoms with Crippen molar-refractivity contribution in [2.75, 3.05) is 30.5 Å². The molecule has 4 nitrogen and oxygen atoms in total. The van der Waals surface area contributed by atoms with E-state index in [1.54, 1.807) is 0 Å². The van der Waals surface area contributed by atoms with Crippen molar-refractivity contribution in [3.8, 4) is 0 Å². The molecule has 100 valence electrons. The standard InChI is InChI=1S/C13H20ClN3O/c1-9(2)12-6-10(3)15-13(16-12)17-4-5-18-11(7-14)8-17/h6,9,11H,4-5,7-8H2,1-3H3. The van der Waals surface area contributed by atoms with Crippen LogP contribution in [-0.4, -0.2) is 41.6 Å². The summed E-state index contributed by atoms with van der Waals surface area (Å²) in [6.07, 6.45) is 0.0760. The molecule has 0 radical (unpaired) electrons. The van der Waals surface area contributed by atoms with Gasteiger partial charge in [0.2, 0.25) is 5.95 Å². The van der Waals surface area contributed by atoms with Gasteiger partial charge in [0.05, 0.1) is 18.6 Å². The van der Waals surface area contributed by atoms with Gasteiger partial charge in [-0.25, -0.2) is 9.97 Å². The van der Waals surface area contributed by atoms with Crippen molar-refractivity contribution < 1.29 is 4.74 Å². The molecule has 1 aliphatic heterocycles. The highest BCUT2D eigenvalue weighted by molar-refractivity contribution is 6.18. The summed E-state index contributed by atoms with van der Waals surface area (Å²) < 4.78 is 5.56. The number of alkyl halides is 1. The van der Waals surface area contributed by atoms with Gasteiger partial charge < -0.3 is 9.64 Å². The number of hydrogen-bond donors (Lipinski definition) is 0. The molecule has 1 aromatic rings. The van der Waals surface area contributed by atoms with Crippen LogP contribution in [0.5, 0.6) is 0 Å². The highest BCUT2D eigenvalue weighted by Gasteiger charge is 2.22. The number of morpholine rings is 1. The van der Waals surface area contributed by atoms with Crippen molar-refractivity contribution >= 4 is 17.5 Å². The predicted octanol–water partition coefficient (Wildman–Crippen LogP) is 2.35. The van der Waals surface area contributed by atoms with Crippen molar-refractivity contribution in [2.45, 2.75) is 32.8 Å². The Bertz CT molecular complexity index is 411. The quantitative estimate of drug-likeness (QED) is 0.790. The van der Waals surface area contributed by atoms with E-state index in [1.165, 1.54) is 0 Å². The van der Waals surface area contributed by atoms with Crippen LogP contribution in [0.25, 0.3) is 0 Å². The average Bonchev–Trinajstić information content (AvgIpc) is 2.38. The maximum absolute atomic E-state index is 5.85. The van der Waals surface area contributed by atoms with E-state index < -0.39 is 0 Å². The maximum Gasteiger partial charge on any atom is 0.225 e. The van der Waals surface area contributed by atoms with E-state index in [0.717, 1.165) is 30.4 Å². The fourth-order valence-corrected chi connectivity index (χ4v) is 2.19. The summed E-state index contributed by atoms with van der Waals surface area (Å²) in [6.45, 7) is 8.58. The Kier molecular flexibility index (Phi) is 4.40. The number of ether oxygens (including phenoxy) is 1. The molecule has 1 unspecified atom stereocenters. The van der Waals surface area contributed by atoms with Gasteiger partial charge >= 0.3 is 0 Å². The fraction of sp³-hybridized carbons (Fsp3) is 0.692. The molecule has 0 spiro atoms. The largest absolute Gasteiger partial charge is 0.373 e. The Morgan fingerprint density at radius 3 is 2.94 bits per heavy atom. The molecule has 1 fully saturated rings. The van der Waals surface area contributed by atoms with Crippen LogP contribution >= 0.6 is 11.6 Å². The molecule has 0 aromatic carbocycles. The second kappa shape index (κ2) is 5.85. The van der Waals surface area contributed by atoms with Gasteiger partial charge in [-0.15, -0.1) is 11.6 Å². The zero-order valence-electron chi connectivity index (χ0n) is 11.2. The van der Waals surface area contributed by atoms with Gasteiger partial charge in [-0.2, -0.15) is 0 Å². The summed E-state index contributed by atoms with van der Waals surface area (Å²) in [5.74, 6) is 1.73. The molecule has 0 aliphatic carbocycles. The Labute approximate surface area is 113 Å². The first-order valence-electron chi connectivity index (χ1n) is 6.38. The molecule has 0 bridgehead atoms. The Morgan fingerprint density at radius 2 is 2.28 bits per heavy atom. The minimum absolute atomic E-state index is 0.0760. The lowest BCUT2D eigenvalue weighted by Gasteiger charge is -2.32. The molecule has 18 heavy (non-hydrogen) atoms. The van der Waals surface area contributed by atoms with E-state index >= 15 is 0 Å². The normalized spacial score (nSPS) is 20.5. The Hall–Kier alpha value is -0.870. The predicted molar refractivity (Wildman–Crippen MR) is 73.5 cm³/mol. The molecule has 1 atom stereocenters. The van der Waals surface area contributed by atoms with Gasteiger partial charge in [-0.3, -0.25) is 0 Å². The van der Waals surface area contributed by atoms with Gasteiger partial charge in [0.25, 0.3) is 0 Å². The first-order chi connectivity index (χ1) is 8.60. The summed E-state index contributed by atoms with van der Waals surface area (Å²) in [6, 6.07) is 2.05. The lowest BCUT2D eigenvalue weighted by Crippen LogP contribution is -2.44. The molecule has 0 saturated carbocycles. The monoisotopic (exact) mass is 269 g/mol. The van der Waals surface area contributed by atoms with Gasteiger partial charge in [-0.05, 0) is 18.9 Å². The number of aryl methyl sites for hydroxylation is 1. The number of rotatable bonds is 3. The summed E-state index contributed by atoms with van der Waals surface area (Å²) >= 11 is 5.85. The van der Waals surface area contributed by atoms with Crippen LogP contribution in [0.2, 0.25) is 0 Å². The van der Waals surface area contributed by atoms with E-state index in [1.807, 2.05) is 13.0 Å². The molecule has 0 N–H and O–H groups in total. The zero-order valence-corrected chi connectivity index (χ0v) is 11.9. The van der Waals surface area contributed by atoms with Gasteiger partial charge in [0.15, 0.2) is 0 Å². The summed E-state index contributed by atoms with van der Waals surface area (Å²) in [5.41, 5.74) is 2.10. The molecule has 1 aromatic heterocycles. The smallest absolute Gasteiger partial charge is 0.225 e. The van der Waals surface area contributed by atoms with E-state index in [9.17, 15) is 0 Å². The summed E-state index contributed by atoms with van der Waals surface area (Å²) in [5, 5.41) is 0. The number of halogens is 1. The Balaban J connectivity index is 2.21. The van der Waals surface area contributed by atoms with E-state index in [0.29, 0.717) is 18.4 Å². The van der Waals surface area contributed by atoms with E-state index in [4.69, 9.17) is 16.3 Å². The summed E-state index contributed by atoms with van der Waals surface area (Å²) in [7, 11) is 0. The van der Waals surface area contributed by atoms with Crippen molar-refractivity contribution in [1.82, 2.24) is 9.97 Å². The molecule has 2 rings (SSSR count). The molecule has 0 amide bonds. The SMILES string of the molecule is Cc1cc(C(C)C)nc(N2CCOC(CCl)C2)n1. The summed E-state index contributed by atoms with van der Waals surface area (Å²) in [4.78, 5) is 11.3. The molecule has 1 aliphatic rings. The van der Waals surface area contributed by atoms with Gasteiger partial charge in [-0.1, -0.05) is 13.8 Å². The topological polar surface area (TPSA) is 38.2 Å². The second-order valence-electron chi connectivity index (χ2n) is 4.98. The van der Waals surface area contributed by atoms with Crippen LogP contribution in [0.4, 0.5) is 5.95 Å². The third-order valence-electron chi connectivity index (χ3n) is 3.05. The first-order valence-corrected chi connectivity index (χ1v) is 6.91. The van der Waals surface area contributed by atoms with Gasteiger partial charge in [0.1, 0.15) is 0 Å². The molecule has 2 heterocycles. The van der Waals surface area contributed by atoms with Crippen molar-refractivity contribution in [1.29, 1.82) is 0 Å². The number of anilines is 1. The minimum atomic E-state index is 0.0760. The van der Waals surface area contributed by atoms with Crippen LogP contribution in [0.1, 0.15) is 31.2 Å². The number of hydrogen-bond acceptors (Lipinski definition) is 4. The second-order valence-corrected chi connectivity index (χ2v) is 5.29. The van der Waals surface area contributed by atoms with Crippen molar-refractivity contribution in [3.05, 3.63) is 17.5 Å². The molecular weight excluding hydrogens is 250 g/mol. The lowest BCUT2D eigenvalue weighted by molar-refractivity contribution is 0.0548. The zero-order chi connectivity index (χ0) is 13.1. The highest BCUT2D eigenvalue weighted by Crippen LogP contribution is 2.19. The molecule has 1 saturated heterocycles. The van der Waals surface area contributed by atoms with Crippen LogP contribution in [0.15, 0.2) is 6.07 Å². The van der Waals surface area contributed by atoms with E-state index in [2.05, 4.69) is 28.7 Å². The third-order valence-corrected chi connectivity index (χ3v) is 3.39. The maximum atomic E-state index is 5.85. The fourth-order valence-electron chi connectivity index (χ4n) is 2.01. The molecular formula is C13H20ClN3O. The molecule has 5 heteroatoms. The lowest BCUT2D eigenvalue weighted by atomic mass is 10.1. The number of nitrogens with zero attached hydrogens (tertiary/aromatic N) is 3.